The third-order valence-electron chi connectivity index (χ3n) is 4.09. The van der Waals surface area contributed by atoms with E-state index in [-0.39, 0.29) is 0 Å². The van der Waals surface area contributed by atoms with Crippen molar-refractivity contribution in [1.82, 2.24) is 0 Å². The number of hydrogen-bond acceptors (Lipinski definition) is 1. The highest BCUT2D eigenvalue weighted by Gasteiger charge is 2.03. The van der Waals surface area contributed by atoms with Gasteiger partial charge in [-0.25, -0.2) is 0 Å². The summed E-state index contributed by atoms with van der Waals surface area (Å²) >= 11 is 0. The molecule has 1 nitrogen and oxygen atoms in total. The van der Waals surface area contributed by atoms with Crippen molar-refractivity contribution in [2.45, 2.75) is 6.92 Å². The SMILES string of the molecule is CCN(C)c1ccc(-c2cccc(-c3ccccc3)c2)cc1. The lowest BCUT2D eigenvalue weighted by atomic mass is 9.99. The summed E-state index contributed by atoms with van der Waals surface area (Å²) in [5.74, 6) is 0. The summed E-state index contributed by atoms with van der Waals surface area (Å²) in [5.41, 5.74) is 6.28. The molecule has 0 heterocycles. The van der Waals surface area contributed by atoms with E-state index in [1.54, 1.807) is 0 Å². The Morgan fingerprint density at radius 2 is 1.18 bits per heavy atom. The summed E-state index contributed by atoms with van der Waals surface area (Å²) in [7, 11) is 2.12. The summed E-state index contributed by atoms with van der Waals surface area (Å²) in [4.78, 5) is 2.24. The van der Waals surface area contributed by atoms with Gasteiger partial charge in [0.2, 0.25) is 0 Å². The van der Waals surface area contributed by atoms with Crippen LogP contribution in [0.25, 0.3) is 22.3 Å². The van der Waals surface area contributed by atoms with Crippen LogP contribution in [0.1, 0.15) is 6.92 Å². The number of rotatable bonds is 4. The molecule has 0 fully saturated rings. The van der Waals surface area contributed by atoms with Crippen molar-refractivity contribution in [3.63, 3.8) is 0 Å². The first kappa shape index (κ1) is 14.4. The summed E-state index contributed by atoms with van der Waals surface area (Å²) in [5, 5.41) is 0. The van der Waals surface area contributed by atoms with Crippen LogP contribution < -0.4 is 4.90 Å². The van der Waals surface area contributed by atoms with Gasteiger partial charge >= 0.3 is 0 Å². The van der Waals surface area contributed by atoms with Crippen molar-refractivity contribution in [3.05, 3.63) is 78.9 Å². The quantitative estimate of drug-likeness (QED) is 0.614. The van der Waals surface area contributed by atoms with Gasteiger partial charge in [-0.2, -0.15) is 0 Å². The predicted octanol–water partition coefficient (Wildman–Crippen LogP) is 5.48. The van der Waals surface area contributed by atoms with Crippen LogP contribution in [0, 0.1) is 0 Å². The molecule has 110 valence electrons. The van der Waals surface area contributed by atoms with E-state index in [0.29, 0.717) is 0 Å². The van der Waals surface area contributed by atoms with E-state index < -0.39 is 0 Å². The Balaban J connectivity index is 1.92. The molecular formula is C21H21N. The first-order chi connectivity index (χ1) is 10.8. The van der Waals surface area contributed by atoms with Crippen molar-refractivity contribution < 1.29 is 0 Å². The van der Waals surface area contributed by atoms with Crippen molar-refractivity contribution >= 4 is 5.69 Å². The molecule has 3 rings (SSSR count). The van der Waals surface area contributed by atoms with Gasteiger partial charge in [0.05, 0.1) is 0 Å². The van der Waals surface area contributed by atoms with E-state index in [0.717, 1.165) is 6.54 Å². The Morgan fingerprint density at radius 1 is 0.636 bits per heavy atom. The van der Waals surface area contributed by atoms with Crippen LogP contribution in [-0.2, 0) is 0 Å². The minimum Gasteiger partial charge on any atom is -0.375 e. The largest absolute Gasteiger partial charge is 0.375 e. The lowest BCUT2D eigenvalue weighted by Gasteiger charge is -2.17. The first-order valence-corrected chi connectivity index (χ1v) is 7.75. The lowest BCUT2D eigenvalue weighted by molar-refractivity contribution is 0.968. The Morgan fingerprint density at radius 3 is 1.77 bits per heavy atom. The molecule has 0 radical (unpaired) electrons. The van der Waals surface area contributed by atoms with E-state index in [2.05, 4.69) is 97.7 Å². The zero-order valence-corrected chi connectivity index (χ0v) is 13.2. The maximum absolute atomic E-state index is 2.26. The van der Waals surface area contributed by atoms with E-state index in [1.807, 2.05) is 0 Å². The Kier molecular flexibility index (Phi) is 4.24. The topological polar surface area (TPSA) is 3.24 Å². The molecular weight excluding hydrogens is 266 g/mol. The van der Waals surface area contributed by atoms with Crippen molar-refractivity contribution in [1.29, 1.82) is 0 Å². The summed E-state index contributed by atoms with van der Waals surface area (Å²) in [6.45, 7) is 3.18. The van der Waals surface area contributed by atoms with Gasteiger partial charge < -0.3 is 4.90 Å². The van der Waals surface area contributed by atoms with Gasteiger partial charge in [0.25, 0.3) is 0 Å². The van der Waals surface area contributed by atoms with Crippen LogP contribution in [0.3, 0.4) is 0 Å². The number of hydrogen-bond donors (Lipinski definition) is 0. The molecule has 1 heteroatoms. The molecule has 0 saturated heterocycles. The van der Waals surface area contributed by atoms with Crippen LogP contribution in [0.5, 0.6) is 0 Å². The fourth-order valence-electron chi connectivity index (χ4n) is 2.60. The van der Waals surface area contributed by atoms with Gasteiger partial charge in [0.1, 0.15) is 0 Å². The molecule has 3 aromatic carbocycles. The average Bonchev–Trinajstić information content (AvgIpc) is 2.62. The number of nitrogens with zero attached hydrogens (tertiary/aromatic N) is 1. The van der Waals surface area contributed by atoms with Crippen molar-refractivity contribution in [3.8, 4) is 22.3 Å². The fraction of sp³-hybridized carbons (Fsp3) is 0.143. The molecule has 22 heavy (non-hydrogen) atoms. The average molecular weight is 287 g/mol. The molecule has 0 aromatic heterocycles. The highest BCUT2D eigenvalue weighted by Crippen LogP contribution is 2.27. The van der Waals surface area contributed by atoms with Gasteiger partial charge in [-0.05, 0) is 47.4 Å². The first-order valence-electron chi connectivity index (χ1n) is 7.75. The number of benzene rings is 3. The van der Waals surface area contributed by atoms with Crippen molar-refractivity contribution in [2.75, 3.05) is 18.5 Å². The molecule has 0 aliphatic carbocycles. The van der Waals surface area contributed by atoms with Gasteiger partial charge in [0.15, 0.2) is 0 Å². The molecule has 0 bridgehead atoms. The normalized spacial score (nSPS) is 10.5. The second kappa shape index (κ2) is 6.48. The zero-order chi connectivity index (χ0) is 15.4. The maximum Gasteiger partial charge on any atom is 0.0363 e. The van der Waals surface area contributed by atoms with Crippen LogP contribution in [0.15, 0.2) is 78.9 Å². The van der Waals surface area contributed by atoms with Crippen LogP contribution in [0.2, 0.25) is 0 Å². The summed E-state index contributed by atoms with van der Waals surface area (Å²) in [6, 6.07) is 28.0. The minimum atomic E-state index is 1.02. The molecule has 0 atom stereocenters. The monoisotopic (exact) mass is 287 g/mol. The molecule has 0 N–H and O–H groups in total. The van der Waals surface area contributed by atoms with Crippen molar-refractivity contribution in [2.24, 2.45) is 0 Å². The lowest BCUT2D eigenvalue weighted by Crippen LogP contribution is -2.15. The maximum atomic E-state index is 2.26. The summed E-state index contributed by atoms with van der Waals surface area (Å²) < 4.78 is 0. The fourth-order valence-corrected chi connectivity index (χ4v) is 2.60. The minimum absolute atomic E-state index is 1.02. The van der Waals surface area contributed by atoms with Gasteiger partial charge in [-0.15, -0.1) is 0 Å². The van der Waals surface area contributed by atoms with E-state index >= 15 is 0 Å². The Labute approximate surface area is 132 Å². The van der Waals surface area contributed by atoms with Gasteiger partial charge in [-0.3, -0.25) is 0 Å². The Bertz CT molecular complexity index is 729. The van der Waals surface area contributed by atoms with Crippen LogP contribution in [-0.4, -0.2) is 13.6 Å². The third-order valence-corrected chi connectivity index (χ3v) is 4.09. The third kappa shape index (κ3) is 3.04. The summed E-state index contributed by atoms with van der Waals surface area (Å²) in [6.07, 6.45) is 0. The molecule has 0 aliphatic heterocycles. The van der Waals surface area contributed by atoms with Crippen LogP contribution >= 0.6 is 0 Å². The highest BCUT2D eigenvalue weighted by molar-refractivity contribution is 5.73. The zero-order valence-electron chi connectivity index (χ0n) is 13.2. The van der Waals surface area contributed by atoms with Crippen LogP contribution in [0.4, 0.5) is 5.69 Å². The van der Waals surface area contributed by atoms with E-state index in [9.17, 15) is 0 Å². The molecule has 0 amide bonds. The van der Waals surface area contributed by atoms with Gasteiger partial charge in [0, 0.05) is 19.3 Å². The van der Waals surface area contributed by atoms with Gasteiger partial charge in [-0.1, -0.05) is 60.7 Å². The standard InChI is InChI=1S/C21H21N/c1-3-22(2)21-14-12-18(13-15-21)20-11-7-10-19(16-20)17-8-5-4-6-9-17/h4-16H,3H2,1-2H3. The molecule has 0 spiro atoms. The molecule has 0 saturated carbocycles. The van der Waals surface area contributed by atoms with E-state index in [1.165, 1.54) is 27.9 Å². The Hall–Kier alpha value is -2.54. The second-order valence-corrected chi connectivity index (χ2v) is 5.51. The van der Waals surface area contributed by atoms with E-state index in [4.69, 9.17) is 0 Å². The second-order valence-electron chi connectivity index (χ2n) is 5.51. The molecule has 0 unspecified atom stereocenters. The number of anilines is 1. The predicted molar refractivity (Wildman–Crippen MR) is 96.3 cm³/mol. The molecule has 0 aliphatic rings. The highest BCUT2D eigenvalue weighted by atomic mass is 15.1. The smallest absolute Gasteiger partial charge is 0.0363 e. The molecule has 3 aromatic rings.